The van der Waals surface area contributed by atoms with Crippen LogP contribution in [0.25, 0.3) is 0 Å². The quantitative estimate of drug-likeness (QED) is 0.497. The van der Waals surface area contributed by atoms with Crippen molar-refractivity contribution in [1.82, 2.24) is 25.6 Å². The van der Waals surface area contributed by atoms with Gasteiger partial charge in [0, 0.05) is 0 Å². The molecule has 1 aromatic heterocycles. The van der Waals surface area contributed by atoms with Crippen molar-refractivity contribution in [2.24, 2.45) is 0 Å². The van der Waals surface area contributed by atoms with Crippen molar-refractivity contribution in [3.8, 4) is 0 Å². The maximum absolute atomic E-state index is 5.25. The number of hydrogen-bond donors (Lipinski definition) is 2. The lowest BCUT2D eigenvalue weighted by Crippen LogP contribution is -2.16. The summed E-state index contributed by atoms with van der Waals surface area (Å²) in [5, 5.41) is 14.5. The molecule has 1 saturated heterocycles. The Balaban J connectivity index is 2.15. The molecule has 0 radical (unpaired) electrons. The van der Waals surface area contributed by atoms with Crippen molar-refractivity contribution >= 4 is 0 Å². The number of tetrazole rings is 1. The molecular formula is C5H10N6. The Labute approximate surface area is 63.7 Å². The van der Waals surface area contributed by atoms with E-state index in [0.29, 0.717) is 5.82 Å². The van der Waals surface area contributed by atoms with Crippen LogP contribution in [0.2, 0.25) is 0 Å². The van der Waals surface area contributed by atoms with Crippen LogP contribution >= 0.6 is 0 Å². The molecule has 1 fully saturated rings. The second kappa shape index (κ2) is 2.46. The maximum atomic E-state index is 5.25. The van der Waals surface area contributed by atoms with E-state index in [2.05, 4.69) is 20.7 Å². The monoisotopic (exact) mass is 154 g/mol. The molecule has 6 nitrogen and oxygen atoms in total. The Morgan fingerprint density at radius 2 is 2.55 bits per heavy atom. The number of hydrogen-bond acceptors (Lipinski definition) is 5. The van der Waals surface area contributed by atoms with Gasteiger partial charge in [-0.1, -0.05) is 4.91 Å². The molecular weight excluding hydrogens is 144 g/mol. The molecule has 0 aliphatic carbocycles. The summed E-state index contributed by atoms with van der Waals surface area (Å²) in [4.78, 5) is 0.995. The van der Waals surface area contributed by atoms with E-state index in [0.717, 1.165) is 17.9 Å². The Hall–Kier alpha value is -1.17. The van der Waals surface area contributed by atoms with Crippen molar-refractivity contribution in [2.75, 3.05) is 12.4 Å². The number of aromatic nitrogens is 4. The van der Waals surface area contributed by atoms with Gasteiger partial charge in [-0.2, -0.15) is 0 Å². The van der Waals surface area contributed by atoms with Crippen LogP contribution in [0.5, 0.6) is 0 Å². The molecule has 0 saturated carbocycles. The molecule has 0 amide bonds. The van der Waals surface area contributed by atoms with E-state index in [1.54, 1.807) is 0 Å². The molecule has 0 unspecified atom stereocenters. The minimum absolute atomic E-state index is 0.257. The standard InChI is InChI=1S/C5H10N6/c6-11-9-5(8-10-11)4-2-1-3-7-4/h4,7H,1-3,6H2/t4-/m1/s1. The number of nitrogens with two attached hydrogens (primary N) is 1. The molecule has 0 aromatic carbocycles. The lowest BCUT2D eigenvalue weighted by atomic mass is 10.2. The summed E-state index contributed by atoms with van der Waals surface area (Å²) in [6.45, 7) is 1.03. The lowest BCUT2D eigenvalue weighted by Gasteiger charge is -2.01. The predicted octanol–water partition coefficient (Wildman–Crippen LogP) is -1.19. The highest BCUT2D eigenvalue weighted by Crippen LogP contribution is 2.17. The second-order valence-electron chi connectivity index (χ2n) is 2.62. The smallest absolute Gasteiger partial charge is 0.193 e. The van der Waals surface area contributed by atoms with Crippen LogP contribution in [-0.2, 0) is 0 Å². The van der Waals surface area contributed by atoms with Crippen molar-refractivity contribution in [3.05, 3.63) is 5.82 Å². The Morgan fingerprint density at radius 1 is 1.64 bits per heavy atom. The van der Waals surface area contributed by atoms with Gasteiger partial charge in [0.25, 0.3) is 0 Å². The summed E-state index contributed by atoms with van der Waals surface area (Å²) in [7, 11) is 0. The van der Waals surface area contributed by atoms with E-state index in [1.807, 2.05) is 0 Å². The van der Waals surface area contributed by atoms with Gasteiger partial charge in [-0.3, -0.25) is 0 Å². The number of nitrogens with zero attached hydrogens (tertiary/aromatic N) is 4. The predicted molar refractivity (Wildman–Crippen MR) is 37.9 cm³/mol. The highest BCUT2D eigenvalue weighted by Gasteiger charge is 2.20. The van der Waals surface area contributed by atoms with Gasteiger partial charge in [0.2, 0.25) is 0 Å². The molecule has 0 spiro atoms. The van der Waals surface area contributed by atoms with E-state index in [-0.39, 0.29) is 6.04 Å². The molecule has 11 heavy (non-hydrogen) atoms. The molecule has 1 aromatic rings. The zero-order valence-electron chi connectivity index (χ0n) is 6.06. The first-order valence-electron chi connectivity index (χ1n) is 3.64. The van der Waals surface area contributed by atoms with Crippen LogP contribution in [0.1, 0.15) is 24.7 Å². The highest BCUT2D eigenvalue weighted by molar-refractivity contribution is 4.92. The topological polar surface area (TPSA) is 81.7 Å². The van der Waals surface area contributed by atoms with E-state index >= 15 is 0 Å². The second-order valence-corrected chi connectivity index (χ2v) is 2.62. The number of rotatable bonds is 1. The van der Waals surface area contributed by atoms with Crippen molar-refractivity contribution in [3.63, 3.8) is 0 Å². The van der Waals surface area contributed by atoms with Gasteiger partial charge in [0.05, 0.1) is 6.04 Å². The van der Waals surface area contributed by atoms with E-state index in [9.17, 15) is 0 Å². The third-order valence-corrected chi connectivity index (χ3v) is 1.82. The number of nitrogens with one attached hydrogen (secondary N) is 1. The Bertz CT molecular complexity index is 237. The average molecular weight is 154 g/mol. The molecule has 6 heteroatoms. The first-order valence-corrected chi connectivity index (χ1v) is 3.64. The van der Waals surface area contributed by atoms with Crippen molar-refractivity contribution in [2.45, 2.75) is 18.9 Å². The molecule has 3 N–H and O–H groups in total. The zero-order chi connectivity index (χ0) is 7.68. The first kappa shape index (κ1) is 6.53. The van der Waals surface area contributed by atoms with Crippen molar-refractivity contribution in [1.29, 1.82) is 0 Å². The van der Waals surface area contributed by atoms with Crippen LogP contribution in [0.3, 0.4) is 0 Å². The molecule has 1 aliphatic rings. The molecule has 2 heterocycles. The van der Waals surface area contributed by atoms with E-state index in [1.165, 1.54) is 6.42 Å². The van der Waals surface area contributed by atoms with Crippen molar-refractivity contribution < 1.29 is 0 Å². The van der Waals surface area contributed by atoms with Crippen LogP contribution in [0, 0.1) is 0 Å². The van der Waals surface area contributed by atoms with Gasteiger partial charge in [-0.05, 0) is 24.6 Å². The van der Waals surface area contributed by atoms with Gasteiger partial charge >= 0.3 is 0 Å². The third kappa shape index (κ3) is 1.16. The largest absolute Gasteiger partial charge is 0.307 e. The summed E-state index contributed by atoms with van der Waals surface area (Å²) in [6.07, 6.45) is 2.25. The van der Waals surface area contributed by atoms with Gasteiger partial charge in [0.1, 0.15) is 0 Å². The summed E-state index contributed by atoms with van der Waals surface area (Å²) >= 11 is 0. The zero-order valence-corrected chi connectivity index (χ0v) is 6.06. The van der Waals surface area contributed by atoms with Crippen LogP contribution < -0.4 is 11.2 Å². The molecule has 0 bridgehead atoms. The summed E-state index contributed by atoms with van der Waals surface area (Å²) in [5.74, 6) is 5.95. The fourth-order valence-corrected chi connectivity index (χ4v) is 1.28. The van der Waals surface area contributed by atoms with Gasteiger partial charge in [0.15, 0.2) is 5.82 Å². The van der Waals surface area contributed by atoms with Crippen LogP contribution in [0.15, 0.2) is 0 Å². The molecule has 60 valence electrons. The van der Waals surface area contributed by atoms with Gasteiger partial charge < -0.3 is 11.2 Å². The van der Waals surface area contributed by atoms with Crippen LogP contribution in [-0.4, -0.2) is 26.9 Å². The third-order valence-electron chi connectivity index (χ3n) is 1.82. The number of nitrogen functional groups attached to an aromatic ring is 1. The minimum atomic E-state index is 0.257. The fourth-order valence-electron chi connectivity index (χ4n) is 1.28. The SMILES string of the molecule is Nn1nnc([C@H]2CCCN2)n1. The summed E-state index contributed by atoms with van der Waals surface area (Å²) in [6, 6.07) is 0.257. The molecule has 1 atom stereocenters. The van der Waals surface area contributed by atoms with E-state index in [4.69, 9.17) is 5.84 Å². The van der Waals surface area contributed by atoms with Crippen LogP contribution in [0.4, 0.5) is 0 Å². The average Bonchev–Trinajstić information content (AvgIpc) is 2.55. The normalized spacial score (nSPS) is 24.2. The van der Waals surface area contributed by atoms with Gasteiger partial charge in [-0.15, -0.1) is 10.2 Å². The molecule has 1 aliphatic heterocycles. The lowest BCUT2D eigenvalue weighted by molar-refractivity contribution is 0.599. The maximum Gasteiger partial charge on any atom is 0.193 e. The Kier molecular flexibility index (Phi) is 1.46. The Morgan fingerprint density at radius 3 is 3.09 bits per heavy atom. The summed E-state index contributed by atoms with van der Waals surface area (Å²) in [5.41, 5.74) is 0. The first-order chi connectivity index (χ1) is 5.36. The molecule has 2 rings (SSSR count). The minimum Gasteiger partial charge on any atom is -0.307 e. The van der Waals surface area contributed by atoms with E-state index < -0.39 is 0 Å². The van der Waals surface area contributed by atoms with Gasteiger partial charge in [-0.25, -0.2) is 0 Å². The fraction of sp³-hybridized carbons (Fsp3) is 0.800. The summed E-state index contributed by atoms with van der Waals surface area (Å²) < 4.78 is 0. The highest BCUT2D eigenvalue weighted by atomic mass is 15.7.